The minimum absolute atomic E-state index is 0.329. The lowest BCUT2D eigenvalue weighted by Crippen LogP contribution is -2.39. The lowest BCUT2D eigenvalue weighted by atomic mass is 9.78. The van der Waals surface area contributed by atoms with Gasteiger partial charge in [-0.2, -0.15) is 5.10 Å². The van der Waals surface area contributed by atoms with Crippen molar-refractivity contribution >= 4 is 23.4 Å². The van der Waals surface area contributed by atoms with Crippen molar-refractivity contribution in [1.82, 2.24) is 24.8 Å². The summed E-state index contributed by atoms with van der Waals surface area (Å²) in [6.45, 7) is 1.37. The summed E-state index contributed by atoms with van der Waals surface area (Å²) in [7, 11) is 0. The quantitative estimate of drug-likeness (QED) is 0.482. The summed E-state index contributed by atoms with van der Waals surface area (Å²) in [5, 5.41) is 16.1. The molecule has 2 aliphatic rings. The van der Waals surface area contributed by atoms with Crippen LogP contribution in [0.5, 0.6) is 0 Å². The number of anilines is 2. The Morgan fingerprint density at radius 3 is 2.71 bits per heavy atom. The van der Waals surface area contributed by atoms with E-state index in [1.165, 1.54) is 0 Å². The Bertz CT molecular complexity index is 1300. The van der Waals surface area contributed by atoms with Gasteiger partial charge in [-0.25, -0.2) is 14.3 Å². The minimum Gasteiger partial charge on any atom is -0.441 e. The molecule has 1 saturated carbocycles. The van der Waals surface area contributed by atoms with Gasteiger partial charge < -0.3 is 10.1 Å². The second-order valence-electron chi connectivity index (χ2n) is 9.06. The van der Waals surface area contributed by atoms with Crippen LogP contribution in [0.15, 0.2) is 67.0 Å². The average Bonchev–Trinajstić information content (AvgIpc) is 3.45. The Kier molecular flexibility index (Phi) is 5.09. The topological polar surface area (TPSA) is 97.5 Å². The predicted octanol–water partition coefficient (Wildman–Crippen LogP) is 4.18. The summed E-state index contributed by atoms with van der Waals surface area (Å²) in [5.41, 5.74) is 2.38. The standard InChI is InChI=1S/C25H25N7O2/c33-24-31(23-7-4-14-27-29-23)17-25(34-24)12-10-18(11-13-25)15-26-21-8-9-22-28-20(16-32(22)30-21)19-5-2-1-3-6-19/h1-9,14,16,18H,10-13,15,17H2,(H,26,30). The first-order valence-electron chi connectivity index (χ1n) is 11.6. The highest BCUT2D eigenvalue weighted by Crippen LogP contribution is 2.40. The second-order valence-corrected chi connectivity index (χ2v) is 9.06. The van der Waals surface area contributed by atoms with Crippen LogP contribution < -0.4 is 10.2 Å². The molecule has 0 bridgehead atoms. The maximum Gasteiger partial charge on any atom is 0.416 e. The van der Waals surface area contributed by atoms with Gasteiger partial charge in [0.05, 0.1) is 18.4 Å². The van der Waals surface area contributed by atoms with Crippen molar-refractivity contribution in [3.05, 3.63) is 67.0 Å². The van der Waals surface area contributed by atoms with Crippen LogP contribution in [-0.2, 0) is 4.74 Å². The van der Waals surface area contributed by atoms with E-state index in [1.54, 1.807) is 23.2 Å². The summed E-state index contributed by atoms with van der Waals surface area (Å²) in [6.07, 6.45) is 6.88. The van der Waals surface area contributed by atoms with Crippen molar-refractivity contribution in [3.8, 4) is 11.3 Å². The van der Waals surface area contributed by atoms with Crippen LogP contribution in [0.25, 0.3) is 16.9 Å². The number of nitrogens with one attached hydrogen (secondary N) is 1. The summed E-state index contributed by atoms with van der Waals surface area (Å²) in [4.78, 5) is 18.7. The third-order valence-electron chi connectivity index (χ3n) is 6.78. The average molecular weight is 456 g/mol. The summed E-state index contributed by atoms with van der Waals surface area (Å²) in [6, 6.07) is 17.6. The molecule has 4 heterocycles. The zero-order valence-corrected chi connectivity index (χ0v) is 18.7. The fourth-order valence-corrected chi connectivity index (χ4v) is 4.88. The fraction of sp³-hybridized carbons (Fsp3) is 0.320. The molecule has 1 N–H and O–H groups in total. The van der Waals surface area contributed by atoms with Crippen LogP contribution >= 0.6 is 0 Å². The summed E-state index contributed by atoms with van der Waals surface area (Å²) in [5.74, 6) is 1.87. The smallest absolute Gasteiger partial charge is 0.416 e. The number of aromatic nitrogens is 5. The number of carbonyl (C=O) groups excluding carboxylic acids is 1. The minimum atomic E-state index is -0.424. The molecule has 1 saturated heterocycles. The van der Waals surface area contributed by atoms with E-state index in [1.807, 2.05) is 53.2 Å². The molecular formula is C25H25N7O2. The van der Waals surface area contributed by atoms with E-state index in [0.717, 1.165) is 55.0 Å². The van der Waals surface area contributed by atoms with Gasteiger partial charge in [0.1, 0.15) is 11.4 Å². The van der Waals surface area contributed by atoms with E-state index in [2.05, 4.69) is 25.6 Å². The van der Waals surface area contributed by atoms with Gasteiger partial charge in [0.15, 0.2) is 11.5 Å². The number of hydrogen-bond donors (Lipinski definition) is 1. The number of fused-ring (bicyclic) bond motifs is 1. The van der Waals surface area contributed by atoms with Crippen LogP contribution in [0.1, 0.15) is 25.7 Å². The molecule has 2 fully saturated rings. The van der Waals surface area contributed by atoms with Crippen molar-refractivity contribution in [3.63, 3.8) is 0 Å². The van der Waals surface area contributed by atoms with Gasteiger partial charge in [-0.15, -0.1) is 10.2 Å². The van der Waals surface area contributed by atoms with E-state index in [4.69, 9.17) is 4.74 Å². The Labute approximate surface area is 196 Å². The lowest BCUT2D eigenvalue weighted by molar-refractivity contribution is 0.0148. The Balaban J connectivity index is 1.06. The van der Waals surface area contributed by atoms with E-state index in [0.29, 0.717) is 18.3 Å². The maximum absolute atomic E-state index is 12.4. The molecule has 9 nitrogen and oxygen atoms in total. The molecule has 34 heavy (non-hydrogen) atoms. The second kappa shape index (κ2) is 8.40. The summed E-state index contributed by atoms with van der Waals surface area (Å²) < 4.78 is 7.65. The molecule has 0 unspecified atom stereocenters. The van der Waals surface area contributed by atoms with Gasteiger partial charge in [-0.1, -0.05) is 30.3 Å². The molecule has 1 amide bonds. The molecular weight excluding hydrogens is 430 g/mol. The molecule has 172 valence electrons. The normalized spacial score (nSPS) is 22.3. The highest BCUT2D eigenvalue weighted by atomic mass is 16.6. The number of hydrogen-bond acceptors (Lipinski definition) is 7. The van der Waals surface area contributed by atoms with Crippen molar-refractivity contribution in [2.24, 2.45) is 5.92 Å². The number of amides is 1. The molecule has 1 aliphatic carbocycles. The van der Waals surface area contributed by atoms with E-state index in [9.17, 15) is 4.79 Å². The number of benzene rings is 1. The van der Waals surface area contributed by atoms with Crippen LogP contribution in [0.2, 0.25) is 0 Å². The number of nitrogens with zero attached hydrogens (tertiary/aromatic N) is 6. The Morgan fingerprint density at radius 2 is 1.91 bits per heavy atom. The van der Waals surface area contributed by atoms with Crippen molar-refractivity contribution in [2.75, 3.05) is 23.3 Å². The summed E-state index contributed by atoms with van der Waals surface area (Å²) >= 11 is 0. The SMILES string of the molecule is O=C1OC2(CCC(CNc3ccc4nc(-c5ccccc5)cn4n3)CC2)CN1c1cccnn1. The lowest BCUT2D eigenvalue weighted by Gasteiger charge is -2.35. The first-order chi connectivity index (χ1) is 16.7. The highest BCUT2D eigenvalue weighted by molar-refractivity contribution is 5.89. The Hall–Kier alpha value is -4.01. The number of ether oxygens (including phenoxy) is 1. The van der Waals surface area contributed by atoms with Gasteiger partial charge in [0, 0.05) is 18.3 Å². The van der Waals surface area contributed by atoms with Crippen molar-refractivity contribution in [2.45, 2.75) is 31.3 Å². The van der Waals surface area contributed by atoms with Gasteiger partial charge in [-0.3, -0.25) is 4.90 Å². The fourth-order valence-electron chi connectivity index (χ4n) is 4.88. The zero-order chi connectivity index (χ0) is 23.0. The molecule has 6 rings (SSSR count). The van der Waals surface area contributed by atoms with Gasteiger partial charge in [0.25, 0.3) is 0 Å². The largest absolute Gasteiger partial charge is 0.441 e. The van der Waals surface area contributed by atoms with Crippen LogP contribution in [0.4, 0.5) is 16.4 Å². The van der Waals surface area contributed by atoms with Crippen LogP contribution in [0, 0.1) is 5.92 Å². The molecule has 0 radical (unpaired) electrons. The van der Waals surface area contributed by atoms with E-state index in [-0.39, 0.29) is 6.09 Å². The van der Waals surface area contributed by atoms with Crippen LogP contribution in [-0.4, -0.2) is 49.6 Å². The Morgan fingerprint density at radius 1 is 1.06 bits per heavy atom. The van der Waals surface area contributed by atoms with Crippen molar-refractivity contribution in [1.29, 1.82) is 0 Å². The first-order valence-corrected chi connectivity index (χ1v) is 11.6. The maximum atomic E-state index is 12.4. The molecule has 4 aromatic rings. The van der Waals surface area contributed by atoms with E-state index >= 15 is 0 Å². The predicted molar refractivity (Wildman–Crippen MR) is 127 cm³/mol. The molecule has 9 heteroatoms. The third-order valence-corrected chi connectivity index (χ3v) is 6.78. The number of imidazole rings is 1. The molecule has 1 aliphatic heterocycles. The number of carbonyl (C=O) groups is 1. The molecule has 1 aromatic carbocycles. The monoisotopic (exact) mass is 455 g/mol. The van der Waals surface area contributed by atoms with Gasteiger partial charge in [0.2, 0.25) is 0 Å². The van der Waals surface area contributed by atoms with Gasteiger partial charge in [-0.05, 0) is 55.9 Å². The zero-order valence-electron chi connectivity index (χ0n) is 18.7. The van der Waals surface area contributed by atoms with Gasteiger partial charge >= 0.3 is 6.09 Å². The molecule has 1 spiro atoms. The molecule has 0 atom stereocenters. The van der Waals surface area contributed by atoms with E-state index < -0.39 is 5.60 Å². The highest BCUT2D eigenvalue weighted by Gasteiger charge is 2.48. The van der Waals surface area contributed by atoms with Crippen molar-refractivity contribution < 1.29 is 9.53 Å². The van der Waals surface area contributed by atoms with Crippen LogP contribution in [0.3, 0.4) is 0 Å². The number of rotatable bonds is 5. The molecule has 3 aromatic heterocycles. The first kappa shape index (κ1) is 20.6. The third kappa shape index (κ3) is 3.93.